The van der Waals surface area contributed by atoms with Gasteiger partial charge in [-0.15, -0.1) is 0 Å². The van der Waals surface area contributed by atoms with E-state index in [1.807, 2.05) is 6.92 Å². The lowest BCUT2D eigenvalue weighted by Gasteiger charge is -2.24. The van der Waals surface area contributed by atoms with Crippen LogP contribution in [0.2, 0.25) is 0 Å². The lowest BCUT2D eigenvalue weighted by atomic mass is 10.3. The van der Waals surface area contributed by atoms with Crippen LogP contribution in [0.4, 0.5) is 0 Å². The zero-order chi connectivity index (χ0) is 12.4. The summed E-state index contributed by atoms with van der Waals surface area (Å²) in [6.07, 6.45) is 0. The molecule has 96 valence electrons. The van der Waals surface area contributed by atoms with Crippen LogP contribution >= 0.6 is 0 Å². The number of nitrogens with one attached hydrogen (secondary N) is 2. The molecule has 5 nitrogen and oxygen atoms in total. The van der Waals surface area contributed by atoms with Crippen LogP contribution in [-0.2, 0) is 4.79 Å². The van der Waals surface area contributed by atoms with Gasteiger partial charge in [-0.3, -0.25) is 9.69 Å². The van der Waals surface area contributed by atoms with Gasteiger partial charge in [0.15, 0.2) is 0 Å². The molecule has 0 heterocycles. The largest absolute Gasteiger partial charge is 0.355 e. The Morgan fingerprint density at radius 1 is 1.38 bits per heavy atom. The smallest absolute Gasteiger partial charge is 0.216 e. The first-order valence-corrected chi connectivity index (χ1v) is 5.99. The minimum absolute atomic E-state index is 0.0208. The summed E-state index contributed by atoms with van der Waals surface area (Å²) in [5, 5.41) is 6.08. The molecule has 0 saturated heterocycles. The molecule has 0 fully saturated rings. The Balaban J connectivity index is 3.75. The van der Waals surface area contributed by atoms with E-state index in [-0.39, 0.29) is 11.9 Å². The standard InChI is InChI=1S/C11H26N4O/c1-4-13-5-7-15(9-10(2)12)8-6-14-11(3)16/h10,13H,4-9,12H2,1-3H3,(H,14,16). The molecule has 0 aliphatic heterocycles. The second-order valence-electron chi connectivity index (χ2n) is 4.11. The average molecular weight is 230 g/mol. The Morgan fingerprint density at radius 2 is 2.00 bits per heavy atom. The van der Waals surface area contributed by atoms with Gasteiger partial charge in [0.05, 0.1) is 0 Å². The summed E-state index contributed by atoms with van der Waals surface area (Å²) < 4.78 is 0. The van der Waals surface area contributed by atoms with E-state index in [9.17, 15) is 4.79 Å². The fourth-order valence-electron chi connectivity index (χ4n) is 1.51. The van der Waals surface area contributed by atoms with E-state index in [0.29, 0.717) is 6.54 Å². The van der Waals surface area contributed by atoms with Crippen LogP contribution in [0, 0.1) is 0 Å². The highest BCUT2D eigenvalue weighted by Gasteiger charge is 2.06. The molecular formula is C11H26N4O. The van der Waals surface area contributed by atoms with Gasteiger partial charge in [-0.05, 0) is 13.5 Å². The predicted octanol–water partition coefficient (Wildman–Crippen LogP) is -0.619. The van der Waals surface area contributed by atoms with Crippen molar-refractivity contribution in [2.24, 2.45) is 5.73 Å². The van der Waals surface area contributed by atoms with E-state index in [1.54, 1.807) is 0 Å². The van der Waals surface area contributed by atoms with Crippen molar-refractivity contribution in [3.05, 3.63) is 0 Å². The summed E-state index contributed by atoms with van der Waals surface area (Å²) >= 11 is 0. The molecule has 0 aliphatic carbocycles. The molecule has 5 heteroatoms. The minimum atomic E-state index is 0.0208. The highest BCUT2D eigenvalue weighted by atomic mass is 16.1. The molecule has 0 aliphatic rings. The SMILES string of the molecule is CCNCCN(CCNC(C)=O)CC(C)N. The van der Waals surface area contributed by atoms with Crippen LogP contribution in [0.5, 0.6) is 0 Å². The topological polar surface area (TPSA) is 70.4 Å². The Labute approximate surface area is 98.7 Å². The highest BCUT2D eigenvalue weighted by Crippen LogP contribution is 1.89. The second-order valence-corrected chi connectivity index (χ2v) is 4.11. The molecule has 4 N–H and O–H groups in total. The normalized spacial score (nSPS) is 12.8. The third kappa shape index (κ3) is 9.89. The van der Waals surface area contributed by atoms with E-state index in [4.69, 9.17) is 5.73 Å². The number of nitrogens with two attached hydrogens (primary N) is 1. The molecular weight excluding hydrogens is 204 g/mol. The first-order chi connectivity index (χ1) is 7.56. The van der Waals surface area contributed by atoms with Gasteiger partial charge in [0.2, 0.25) is 5.91 Å². The van der Waals surface area contributed by atoms with Gasteiger partial charge < -0.3 is 16.4 Å². The molecule has 0 aromatic carbocycles. The van der Waals surface area contributed by atoms with Crippen molar-refractivity contribution in [1.82, 2.24) is 15.5 Å². The minimum Gasteiger partial charge on any atom is -0.355 e. The molecule has 0 radical (unpaired) electrons. The summed E-state index contributed by atoms with van der Waals surface area (Å²) in [4.78, 5) is 13.0. The van der Waals surface area contributed by atoms with Gasteiger partial charge in [0.1, 0.15) is 0 Å². The number of nitrogens with zero attached hydrogens (tertiary/aromatic N) is 1. The zero-order valence-corrected chi connectivity index (χ0v) is 10.8. The van der Waals surface area contributed by atoms with E-state index in [2.05, 4.69) is 22.5 Å². The Kier molecular flexibility index (Phi) is 9.18. The van der Waals surface area contributed by atoms with E-state index in [0.717, 1.165) is 32.7 Å². The van der Waals surface area contributed by atoms with Gasteiger partial charge in [0, 0.05) is 45.7 Å². The molecule has 0 spiro atoms. The van der Waals surface area contributed by atoms with Crippen molar-refractivity contribution >= 4 is 5.91 Å². The fourth-order valence-corrected chi connectivity index (χ4v) is 1.51. The van der Waals surface area contributed by atoms with Gasteiger partial charge in [0.25, 0.3) is 0 Å². The Bertz CT molecular complexity index is 185. The van der Waals surface area contributed by atoms with Gasteiger partial charge in [-0.25, -0.2) is 0 Å². The van der Waals surface area contributed by atoms with Crippen molar-refractivity contribution in [2.75, 3.05) is 39.3 Å². The van der Waals surface area contributed by atoms with Crippen molar-refractivity contribution in [1.29, 1.82) is 0 Å². The second kappa shape index (κ2) is 9.57. The quantitative estimate of drug-likeness (QED) is 0.462. The number of amides is 1. The summed E-state index contributed by atoms with van der Waals surface area (Å²) in [5.74, 6) is 0.0208. The van der Waals surface area contributed by atoms with Crippen LogP contribution < -0.4 is 16.4 Å². The number of likely N-dealkylation sites (N-methyl/N-ethyl adjacent to an activating group) is 1. The lowest BCUT2D eigenvalue weighted by molar-refractivity contribution is -0.119. The number of hydrogen-bond acceptors (Lipinski definition) is 4. The highest BCUT2D eigenvalue weighted by molar-refractivity contribution is 5.72. The maximum absolute atomic E-state index is 10.7. The third-order valence-electron chi connectivity index (χ3n) is 2.20. The van der Waals surface area contributed by atoms with Gasteiger partial charge >= 0.3 is 0 Å². The van der Waals surface area contributed by atoms with Crippen LogP contribution in [0.3, 0.4) is 0 Å². The molecule has 16 heavy (non-hydrogen) atoms. The molecule has 1 atom stereocenters. The Morgan fingerprint density at radius 3 is 2.50 bits per heavy atom. The average Bonchev–Trinajstić information content (AvgIpc) is 2.16. The zero-order valence-electron chi connectivity index (χ0n) is 10.8. The van der Waals surface area contributed by atoms with E-state index >= 15 is 0 Å². The van der Waals surface area contributed by atoms with E-state index in [1.165, 1.54) is 6.92 Å². The molecule has 0 aromatic heterocycles. The fraction of sp³-hybridized carbons (Fsp3) is 0.909. The maximum atomic E-state index is 10.7. The molecule has 0 bridgehead atoms. The molecule has 0 saturated carbocycles. The monoisotopic (exact) mass is 230 g/mol. The van der Waals surface area contributed by atoms with Crippen LogP contribution in [0.15, 0.2) is 0 Å². The molecule has 1 amide bonds. The number of rotatable bonds is 9. The van der Waals surface area contributed by atoms with Crippen molar-refractivity contribution in [2.45, 2.75) is 26.8 Å². The van der Waals surface area contributed by atoms with Crippen LogP contribution in [-0.4, -0.2) is 56.1 Å². The maximum Gasteiger partial charge on any atom is 0.216 e. The molecule has 0 rings (SSSR count). The van der Waals surface area contributed by atoms with Crippen molar-refractivity contribution in [3.8, 4) is 0 Å². The summed E-state index contributed by atoms with van der Waals surface area (Å²) in [7, 11) is 0. The van der Waals surface area contributed by atoms with Crippen LogP contribution in [0.25, 0.3) is 0 Å². The predicted molar refractivity (Wildman–Crippen MR) is 67.3 cm³/mol. The lowest BCUT2D eigenvalue weighted by Crippen LogP contribution is -2.43. The number of hydrogen-bond donors (Lipinski definition) is 3. The first kappa shape index (κ1) is 15.3. The number of carbonyl (C=O) groups excluding carboxylic acids is 1. The summed E-state index contributed by atoms with van der Waals surface area (Å²) in [6.45, 7) is 10.9. The number of carbonyl (C=O) groups is 1. The first-order valence-electron chi connectivity index (χ1n) is 5.99. The van der Waals surface area contributed by atoms with Crippen LogP contribution in [0.1, 0.15) is 20.8 Å². The summed E-state index contributed by atoms with van der Waals surface area (Å²) in [5.41, 5.74) is 5.78. The Hall–Kier alpha value is -0.650. The van der Waals surface area contributed by atoms with Gasteiger partial charge in [-0.2, -0.15) is 0 Å². The molecule has 1 unspecified atom stereocenters. The van der Waals surface area contributed by atoms with Crippen molar-refractivity contribution in [3.63, 3.8) is 0 Å². The van der Waals surface area contributed by atoms with Crippen molar-refractivity contribution < 1.29 is 4.79 Å². The summed E-state index contributed by atoms with van der Waals surface area (Å²) in [6, 6.07) is 0.166. The third-order valence-corrected chi connectivity index (χ3v) is 2.20. The van der Waals surface area contributed by atoms with E-state index < -0.39 is 0 Å². The van der Waals surface area contributed by atoms with Gasteiger partial charge in [-0.1, -0.05) is 6.92 Å². The molecule has 0 aromatic rings.